The first-order chi connectivity index (χ1) is 12.8. The minimum Gasteiger partial charge on any atom is -0.481 e. The molecule has 1 heterocycles. The van der Waals surface area contributed by atoms with E-state index in [0.717, 1.165) is 16.6 Å². The SMILES string of the molecule is COc1ncc([C@H](C)N(C)C(=O)c2ccc(Br)cc2)c2cc(F)c(F)cc12. The van der Waals surface area contributed by atoms with Crippen LogP contribution in [0.1, 0.15) is 28.9 Å². The molecule has 1 aromatic heterocycles. The highest BCUT2D eigenvalue weighted by atomic mass is 79.9. The first-order valence-electron chi connectivity index (χ1n) is 8.18. The third kappa shape index (κ3) is 3.64. The van der Waals surface area contributed by atoms with Gasteiger partial charge in [0.25, 0.3) is 5.91 Å². The molecule has 0 saturated heterocycles. The van der Waals surface area contributed by atoms with Crippen LogP contribution in [0, 0.1) is 11.6 Å². The molecule has 0 spiro atoms. The summed E-state index contributed by atoms with van der Waals surface area (Å²) < 4.78 is 33.6. The van der Waals surface area contributed by atoms with E-state index in [1.165, 1.54) is 18.2 Å². The lowest BCUT2D eigenvalue weighted by Crippen LogP contribution is -2.29. The van der Waals surface area contributed by atoms with Crippen LogP contribution in [-0.2, 0) is 0 Å². The Hall–Kier alpha value is -2.54. The molecule has 0 aliphatic rings. The summed E-state index contributed by atoms with van der Waals surface area (Å²) in [7, 11) is 3.07. The molecular formula is C20H17BrF2N2O2. The largest absolute Gasteiger partial charge is 0.481 e. The van der Waals surface area contributed by atoms with E-state index >= 15 is 0 Å². The third-order valence-electron chi connectivity index (χ3n) is 4.56. The van der Waals surface area contributed by atoms with Gasteiger partial charge in [-0.2, -0.15) is 0 Å². The monoisotopic (exact) mass is 434 g/mol. The van der Waals surface area contributed by atoms with Crippen LogP contribution in [0.5, 0.6) is 5.88 Å². The average Bonchev–Trinajstić information content (AvgIpc) is 2.67. The number of hydrogen-bond acceptors (Lipinski definition) is 3. The summed E-state index contributed by atoms with van der Waals surface area (Å²) in [5, 5.41) is 0.800. The van der Waals surface area contributed by atoms with Crippen LogP contribution in [-0.4, -0.2) is 29.9 Å². The lowest BCUT2D eigenvalue weighted by molar-refractivity contribution is 0.0743. The van der Waals surface area contributed by atoms with Gasteiger partial charge in [-0.3, -0.25) is 4.79 Å². The van der Waals surface area contributed by atoms with Crippen LogP contribution in [0.2, 0.25) is 0 Å². The summed E-state index contributed by atoms with van der Waals surface area (Å²) in [4.78, 5) is 18.5. The van der Waals surface area contributed by atoms with Crippen LogP contribution in [0.25, 0.3) is 10.8 Å². The van der Waals surface area contributed by atoms with E-state index in [9.17, 15) is 13.6 Å². The molecule has 140 valence electrons. The Morgan fingerprint density at radius 3 is 2.33 bits per heavy atom. The number of carbonyl (C=O) groups excluding carboxylic acids is 1. The number of hydrogen-bond donors (Lipinski definition) is 0. The Morgan fingerprint density at radius 1 is 1.15 bits per heavy atom. The van der Waals surface area contributed by atoms with Crippen LogP contribution in [0.15, 0.2) is 47.1 Å². The zero-order valence-corrected chi connectivity index (χ0v) is 16.5. The first-order valence-corrected chi connectivity index (χ1v) is 8.97. The molecule has 27 heavy (non-hydrogen) atoms. The van der Waals surface area contributed by atoms with E-state index in [0.29, 0.717) is 21.9 Å². The van der Waals surface area contributed by atoms with Crippen molar-refractivity contribution in [1.82, 2.24) is 9.88 Å². The molecule has 3 aromatic rings. The van der Waals surface area contributed by atoms with Crippen LogP contribution >= 0.6 is 15.9 Å². The summed E-state index contributed by atoms with van der Waals surface area (Å²) in [6, 6.07) is 8.75. The maximum atomic E-state index is 13.9. The summed E-state index contributed by atoms with van der Waals surface area (Å²) in [6.45, 7) is 1.81. The van der Waals surface area contributed by atoms with Gasteiger partial charge < -0.3 is 9.64 Å². The average molecular weight is 435 g/mol. The normalized spacial score (nSPS) is 12.1. The van der Waals surface area contributed by atoms with E-state index in [4.69, 9.17) is 4.74 Å². The number of ether oxygens (including phenoxy) is 1. The van der Waals surface area contributed by atoms with Crippen molar-refractivity contribution in [3.05, 3.63) is 69.8 Å². The van der Waals surface area contributed by atoms with Gasteiger partial charge in [-0.25, -0.2) is 13.8 Å². The lowest BCUT2D eigenvalue weighted by atomic mass is 10.0. The van der Waals surface area contributed by atoms with Gasteiger partial charge in [0.05, 0.1) is 13.2 Å². The molecule has 0 aliphatic heterocycles. The second kappa shape index (κ2) is 7.60. The maximum Gasteiger partial charge on any atom is 0.254 e. The van der Waals surface area contributed by atoms with Crippen molar-refractivity contribution in [2.45, 2.75) is 13.0 Å². The number of rotatable bonds is 4. The molecule has 7 heteroatoms. The van der Waals surface area contributed by atoms with Crippen LogP contribution in [0.3, 0.4) is 0 Å². The van der Waals surface area contributed by atoms with E-state index in [1.54, 1.807) is 38.2 Å². The maximum absolute atomic E-state index is 13.9. The van der Waals surface area contributed by atoms with Crippen molar-refractivity contribution in [2.24, 2.45) is 0 Å². The third-order valence-corrected chi connectivity index (χ3v) is 5.09. The summed E-state index contributed by atoms with van der Waals surface area (Å²) in [6.07, 6.45) is 1.52. The van der Waals surface area contributed by atoms with E-state index in [-0.39, 0.29) is 11.8 Å². The number of methoxy groups -OCH3 is 1. The van der Waals surface area contributed by atoms with Crippen LogP contribution in [0.4, 0.5) is 8.78 Å². The van der Waals surface area contributed by atoms with Crippen molar-refractivity contribution in [1.29, 1.82) is 0 Å². The lowest BCUT2D eigenvalue weighted by Gasteiger charge is -2.26. The topological polar surface area (TPSA) is 42.4 Å². The Labute approximate surface area is 163 Å². The van der Waals surface area contributed by atoms with E-state index in [2.05, 4.69) is 20.9 Å². The van der Waals surface area contributed by atoms with Gasteiger partial charge >= 0.3 is 0 Å². The highest BCUT2D eigenvalue weighted by molar-refractivity contribution is 9.10. The Morgan fingerprint density at radius 2 is 1.74 bits per heavy atom. The zero-order valence-electron chi connectivity index (χ0n) is 15.0. The quantitative estimate of drug-likeness (QED) is 0.572. The van der Waals surface area contributed by atoms with Crippen molar-refractivity contribution < 1.29 is 18.3 Å². The number of amides is 1. The number of halogens is 3. The van der Waals surface area contributed by atoms with E-state index < -0.39 is 17.7 Å². The Bertz CT molecular complexity index is 1010. The predicted molar refractivity (Wildman–Crippen MR) is 103 cm³/mol. The van der Waals surface area contributed by atoms with Crippen molar-refractivity contribution in [2.75, 3.05) is 14.2 Å². The number of aromatic nitrogens is 1. The molecule has 2 aromatic carbocycles. The fourth-order valence-corrected chi connectivity index (χ4v) is 3.17. The highest BCUT2D eigenvalue weighted by Gasteiger charge is 2.23. The smallest absolute Gasteiger partial charge is 0.254 e. The molecular weight excluding hydrogens is 418 g/mol. The Balaban J connectivity index is 2.04. The number of pyridine rings is 1. The van der Waals surface area contributed by atoms with Crippen molar-refractivity contribution >= 4 is 32.6 Å². The molecule has 1 amide bonds. The molecule has 3 rings (SSSR count). The molecule has 0 radical (unpaired) electrons. The van der Waals surface area contributed by atoms with Gasteiger partial charge in [-0.15, -0.1) is 0 Å². The molecule has 0 saturated carbocycles. The van der Waals surface area contributed by atoms with Gasteiger partial charge in [0, 0.05) is 34.2 Å². The molecule has 0 fully saturated rings. The number of fused-ring (bicyclic) bond motifs is 1. The summed E-state index contributed by atoms with van der Waals surface area (Å²) in [5.41, 5.74) is 1.12. The molecule has 1 atom stereocenters. The molecule has 0 aliphatic carbocycles. The van der Waals surface area contributed by atoms with Crippen molar-refractivity contribution in [3.63, 3.8) is 0 Å². The fourth-order valence-electron chi connectivity index (χ4n) is 2.91. The Kier molecular flexibility index (Phi) is 5.41. The molecule has 0 N–H and O–H groups in total. The second-order valence-electron chi connectivity index (χ2n) is 6.13. The van der Waals surface area contributed by atoms with Crippen LogP contribution < -0.4 is 4.74 Å². The predicted octanol–water partition coefficient (Wildman–Crippen LogP) is 5.12. The standard InChI is InChI=1S/C20H17BrF2N2O2/c1-11(25(2)20(26)12-4-6-13(21)7-5-12)16-10-24-19(27-3)15-9-18(23)17(22)8-14(15)16/h4-11H,1-3H3/t11-/m0/s1. The van der Waals surface area contributed by atoms with Gasteiger partial charge in [-0.05, 0) is 48.7 Å². The molecule has 0 bridgehead atoms. The van der Waals surface area contributed by atoms with Gasteiger partial charge in [0.1, 0.15) is 0 Å². The summed E-state index contributed by atoms with van der Waals surface area (Å²) in [5.74, 6) is -1.94. The minimum atomic E-state index is -0.980. The molecule has 0 unspecified atom stereocenters. The highest BCUT2D eigenvalue weighted by Crippen LogP contribution is 2.33. The zero-order chi connectivity index (χ0) is 19.7. The second-order valence-corrected chi connectivity index (χ2v) is 7.05. The van der Waals surface area contributed by atoms with E-state index in [1.807, 2.05) is 0 Å². The van der Waals surface area contributed by atoms with Gasteiger partial charge in [0.15, 0.2) is 11.6 Å². The fraction of sp³-hybridized carbons (Fsp3) is 0.200. The van der Waals surface area contributed by atoms with Crippen molar-refractivity contribution in [3.8, 4) is 5.88 Å². The minimum absolute atomic E-state index is 0.193. The summed E-state index contributed by atoms with van der Waals surface area (Å²) >= 11 is 3.34. The van der Waals surface area contributed by atoms with Gasteiger partial charge in [-0.1, -0.05) is 15.9 Å². The number of nitrogens with zero attached hydrogens (tertiary/aromatic N) is 2. The van der Waals surface area contributed by atoms with Gasteiger partial charge in [0.2, 0.25) is 5.88 Å². The molecule has 4 nitrogen and oxygen atoms in total. The number of benzene rings is 2. The first kappa shape index (κ1) is 19.2. The number of carbonyl (C=O) groups is 1.